The summed E-state index contributed by atoms with van der Waals surface area (Å²) < 4.78 is 10.3. The number of hydrogen-bond acceptors (Lipinski definition) is 3. The summed E-state index contributed by atoms with van der Waals surface area (Å²) in [6, 6.07) is 5.38. The van der Waals surface area contributed by atoms with Gasteiger partial charge in [-0.15, -0.1) is 0 Å². The molecule has 1 aromatic rings. The van der Waals surface area contributed by atoms with Crippen LogP contribution in [0.1, 0.15) is 18.1 Å². The summed E-state index contributed by atoms with van der Waals surface area (Å²) in [4.78, 5) is 11.4. The second-order valence-corrected chi connectivity index (χ2v) is 4.34. The van der Waals surface area contributed by atoms with Gasteiger partial charge in [-0.25, -0.2) is 0 Å². The van der Waals surface area contributed by atoms with Crippen molar-refractivity contribution < 1.29 is 19.4 Å². The van der Waals surface area contributed by atoms with Crippen molar-refractivity contribution in [3.05, 3.63) is 29.3 Å². The molecule has 0 amide bonds. The van der Waals surface area contributed by atoms with Gasteiger partial charge < -0.3 is 14.6 Å². The summed E-state index contributed by atoms with van der Waals surface area (Å²) >= 11 is 0. The van der Waals surface area contributed by atoms with Crippen molar-refractivity contribution in [1.82, 2.24) is 0 Å². The van der Waals surface area contributed by atoms with Crippen LogP contribution in [-0.2, 0) is 14.9 Å². The molecule has 4 nitrogen and oxygen atoms in total. The van der Waals surface area contributed by atoms with Crippen LogP contribution in [0.4, 0.5) is 0 Å². The third-order valence-corrected chi connectivity index (χ3v) is 3.01. The third kappa shape index (κ3) is 1.93. The molecule has 0 fully saturated rings. The average Bonchev–Trinajstić information content (AvgIpc) is 2.70. The smallest absolute Gasteiger partial charge is 0.317 e. The molecule has 18 heavy (non-hydrogen) atoms. The highest BCUT2D eigenvalue weighted by Crippen LogP contribution is 2.40. The van der Waals surface area contributed by atoms with E-state index in [9.17, 15) is 9.90 Å². The van der Waals surface area contributed by atoms with E-state index in [4.69, 9.17) is 9.47 Å². The number of ether oxygens (including phenoxy) is 2. The lowest BCUT2D eigenvalue weighted by Crippen LogP contribution is -2.34. The molecule has 2 rings (SSSR count). The zero-order valence-corrected chi connectivity index (χ0v) is 10.3. The Morgan fingerprint density at radius 3 is 3.06 bits per heavy atom. The summed E-state index contributed by atoms with van der Waals surface area (Å²) in [5.41, 5.74) is 0.307. The first kappa shape index (κ1) is 12.5. The highest BCUT2D eigenvalue weighted by atomic mass is 16.5. The Balaban J connectivity index is 2.50. The SMILES string of the molecule is COCC#Cc1cccc2c1C(C)(C(=O)O)CO2. The number of carboxylic acid groups (broad SMARTS) is 1. The fourth-order valence-electron chi connectivity index (χ4n) is 1.99. The summed E-state index contributed by atoms with van der Waals surface area (Å²) in [6.07, 6.45) is 0. The Kier molecular flexibility index (Phi) is 3.26. The van der Waals surface area contributed by atoms with E-state index in [1.165, 1.54) is 0 Å². The van der Waals surface area contributed by atoms with E-state index in [0.717, 1.165) is 0 Å². The Bertz CT molecular complexity index is 538. The highest BCUT2D eigenvalue weighted by Gasteiger charge is 2.44. The standard InChI is InChI=1S/C14H14O4/c1-14(13(15)16)9-18-11-7-3-5-10(12(11)14)6-4-8-17-2/h3,5,7H,8-9H2,1-2H3,(H,15,16). The Labute approximate surface area is 106 Å². The second-order valence-electron chi connectivity index (χ2n) is 4.34. The highest BCUT2D eigenvalue weighted by molar-refractivity contribution is 5.84. The maximum absolute atomic E-state index is 11.4. The first-order chi connectivity index (χ1) is 8.59. The molecule has 0 bridgehead atoms. The van der Waals surface area contributed by atoms with E-state index in [2.05, 4.69) is 11.8 Å². The number of carbonyl (C=O) groups is 1. The lowest BCUT2D eigenvalue weighted by atomic mass is 9.82. The van der Waals surface area contributed by atoms with Crippen molar-refractivity contribution in [2.75, 3.05) is 20.3 Å². The van der Waals surface area contributed by atoms with Gasteiger partial charge in [-0.2, -0.15) is 0 Å². The van der Waals surface area contributed by atoms with Crippen LogP contribution in [0.3, 0.4) is 0 Å². The molecule has 0 saturated carbocycles. The monoisotopic (exact) mass is 246 g/mol. The number of methoxy groups -OCH3 is 1. The number of hydrogen-bond donors (Lipinski definition) is 1. The van der Waals surface area contributed by atoms with Gasteiger partial charge in [0.1, 0.15) is 24.4 Å². The minimum Gasteiger partial charge on any atom is -0.492 e. The first-order valence-electron chi connectivity index (χ1n) is 5.57. The molecule has 1 unspecified atom stereocenters. The fraction of sp³-hybridized carbons (Fsp3) is 0.357. The number of aliphatic carboxylic acids is 1. The van der Waals surface area contributed by atoms with Gasteiger partial charge in [-0.3, -0.25) is 4.79 Å². The largest absolute Gasteiger partial charge is 0.492 e. The molecule has 1 heterocycles. The lowest BCUT2D eigenvalue weighted by molar-refractivity contribution is -0.143. The molecule has 0 aromatic heterocycles. The van der Waals surface area contributed by atoms with Crippen LogP contribution >= 0.6 is 0 Å². The van der Waals surface area contributed by atoms with Gasteiger partial charge >= 0.3 is 5.97 Å². The quantitative estimate of drug-likeness (QED) is 0.802. The molecule has 94 valence electrons. The minimum absolute atomic E-state index is 0.140. The molecule has 1 aliphatic heterocycles. The van der Waals surface area contributed by atoms with Gasteiger partial charge in [0, 0.05) is 18.2 Å². The molecule has 1 aromatic carbocycles. The molecule has 1 atom stereocenters. The van der Waals surface area contributed by atoms with Crippen molar-refractivity contribution in [2.24, 2.45) is 0 Å². The van der Waals surface area contributed by atoms with Crippen LogP contribution in [-0.4, -0.2) is 31.4 Å². The van der Waals surface area contributed by atoms with Gasteiger partial charge in [0.2, 0.25) is 0 Å². The van der Waals surface area contributed by atoms with Crippen molar-refractivity contribution in [3.8, 4) is 17.6 Å². The predicted molar refractivity (Wildman–Crippen MR) is 65.7 cm³/mol. The maximum Gasteiger partial charge on any atom is 0.317 e. The fourth-order valence-corrected chi connectivity index (χ4v) is 1.99. The van der Waals surface area contributed by atoms with Crippen LogP contribution in [0.5, 0.6) is 5.75 Å². The van der Waals surface area contributed by atoms with Crippen molar-refractivity contribution >= 4 is 5.97 Å². The Hall–Kier alpha value is -1.99. The average molecular weight is 246 g/mol. The molecule has 4 heteroatoms. The Morgan fingerprint density at radius 1 is 1.61 bits per heavy atom. The van der Waals surface area contributed by atoms with Crippen LogP contribution in [0, 0.1) is 11.8 Å². The number of fused-ring (bicyclic) bond motifs is 1. The van der Waals surface area contributed by atoms with Crippen molar-refractivity contribution in [3.63, 3.8) is 0 Å². The lowest BCUT2D eigenvalue weighted by Gasteiger charge is -2.17. The molecular weight excluding hydrogens is 232 g/mol. The zero-order chi connectivity index (χ0) is 13.2. The van der Waals surface area contributed by atoms with Gasteiger partial charge in [0.25, 0.3) is 0 Å². The molecule has 0 aliphatic carbocycles. The van der Waals surface area contributed by atoms with Crippen LogP contribution in [0.2, 0.25) is 0 Å². The maximum atomic E-state index is 11.4. The Morgan fingerprint density at radius 2 is 2.39 bits per heavy atom. The third-order valence-electron chi connectivity index (χ3n) is 3.01. The van der Waals surface area contributed by atoms with E-state index >= 15 is 0 Å². The van der Waals surface area contributed by atoms with Crippen LogP contribution in [0.15, 0.2) is 18.2 Å². The van der Waals surface area contributed by atoms with Gasteiger partial charge in [-0.05, 0) is 19.1 Å². The summed E-state index contributed by atoms with van der Waals surface area (Å²) in [5.74, 6) is 5.48. The van der Waals surface area contributed by atoms with E-state index in [-0.39, 0.29) is 6.61 Å². The molecule has 1 aliphatic rings. The second kappa shape index (κ2) is 4.71. The van der Waals surface area contributed by atoms with Gasteiger partial charge in [0.15, 0.2) is 0 Å². The summed E-state index contributed by atoms with van der Waals surface area (Å²) in [5, 5.41) is 9.36. The predicted octanol–water partition coefficient (Wildman–Crippen LogP) is 1.42. The molecule has 0 saturated heterocycles. The van der Waals surface area contributed by atoms with E-state index in [0.29, 0.717) is 23.5 Å². The number of carboxylic acids is 1. The van der Waals surface area contributed by atoms with E-state index in [1.54, 1.807) is 26.2 Å². The molecular formula is C14H14O4. The first-order valence-corrected chi connectivity index (χ1v) is 5.57. The zero-order valence-electron chi connectivity index (χ0n) is 10.3. The summed E-state index contributed by atoms with van der Waals surface area (Å²) in [6.45, 7) is 2.11. The molecule has 0 radical (unpaired) electrons. The minimum atomic E-state index is -1.03. The molecule has 1 N–H and O–H groups in total. The number of rotatable bonds is 2. The van der Waals surface area contributed by atoms with Crippen molar-refractivity contribution in [2.45, 2.75) is 12.3 Å². The van der Waals surface area contributed by atoms with Gasteiger partial charge in [0.05, 0.1) is 0 Å². The van der Waals surface area contributed by atoms with Crippen LogP contribution < -0.4 is 4.74 Å². The van der Waals surface area contributed by atoms with E-state index < -0.39 is 11.4 Å². The van der Waals surface area contributed by atoms with Gasteiger partial charge in [-0.1, -0.05) is 17.9 Å². The topological polar surface area (TPSA) is 55.8 Å². The number of benzene rings is 1. The summed E-state index contributed by atoms with van der Waals surface area (Å²) in [7, 11) is 1.56. The normalized spacial score (nSPS) is 20.6. The van der Waals surface area contributed by atoms with E-state index in [1.807, 2.05) is 6.07 Å². The van der Waals surface area contributed by atoms with Crippen LogP contribution in [0.25, 0.3) is 0 Å². The molecule has 0 spiro atoms. The van der Waals surface area contributed by atoms with Crippen molar-refractivity contribution in [1.29, 1.82) is 0 Å².